The third-order valence-corrected chi connectivity index (χ3v) is 5.82. The molecule has 3 heterocycles. The molecule has 0 saturated heterocycles. The Labute approximate surface area is 178 Å². The van der Waals surface area contributed by atoms with E-state index in [1.807, 2.05) is 26.8 Å². The summed E-state index contributed by atoms with van der Waals surface area (Å²) in [6, 6.07) is 5.41. The van der Waals surface area contributed by atoms with Crippen LogP contribution in [0, 0.1) is 12.7 Å². The van der Waals surface area contributed by atoms with Crippen LogP contribution >= 0.6 is 11.5 Å². The van der Waals surface area contributed by atoms with E-state index >= 15 is 0 Å². The Hall–Kier alpha value is -3.07. The van der Waals surface area contributed by atoms with Gasteiger partial charge in [0.15, 0.2) is 10.8 Å². The van der Waals surface area contributed by atoms with E-state index in [0.29, 0.717) is 31.1 Å². The molecule has 1 aliphatic rings. The SMILES string of the molecule is CCO/C=C/c1nc(-c2nc(C)ns2)n2c1C(C)N(C(=O)c1ccc(F)cc1)CC2. The summed E-state index contributed by atoms with van der Waals surface area (Å²) < 4.78 is 25.0. The van der Waals surface area contributed by atoms with Gasteiger partial charge in [-0.1, -0.05) is 0 Å². The summed E-state index contributed by atoms with van der Waals surface area (Å²) >= 11 is 1.31. The molecule has 0 spiro atoms. The molecule has 1 unspecified atom stereocenters. The number of fused-ring (bicyclic) bond motifs is 1. The lowest BCUT2D eigenvalue weighted by atomic mass is 10.1. The molecule has 4 rings (SSSR count). The summed E-state index contributed by atoms with van der Waals surface area (Å²) in [5, 5.41) is 0.746. The van der Waals surface area contributed by atoms with E-state index in [0.717, 1.165) is 22.2 Å². The first kappa shape index (κ1) is 20.2. The van der Waals surface area contributed by atoms with Gasteiger partial charge in [-0.05, 0) is 56.6 Å². The summed E-state index contributed by atoms with van der Waals surface area (Å²) in [6.07, 6.45) is 3.43. The molecular weight excluding hydrogens is 405 g/mol. The zero-order valence-corrected chi connectivity index (χ0v) is 17.8. The zero-order chi connectivity index (χ0) is 21.3. The minimum atomic E-state index is -0.364. The van der Waals surface area contributed by atoms with E-state index in [1.54, 1.807) is 11.2 Å². The molecule has 0 fully saturated rings. The van der Waals surface area contributed by atoms with E-state index in [2.05, 4.69) is 13.9 Å². The van der Waals surface area contributed by atoms with E-state index < -0.39 is 0 Å². The van der Waals surface area contributed by atoms with Crippen molar-refractivity contribution in [1.82, 2.24) is 23.8 Å². The number of rotatable bonds is 5. The van der Waals surface area contributed by atoms with Crippen LogP contribution in [-0.2, 0) is 11.3 Å². The van der Waals surface area contributed by atoms with Crippen LogP contribution in [0.5, 0.6) is 0 Å². The van der Waals surface area contributed by atoms with Crippen LogP contribution in [0.4, 0.5) is 4.39 Å². The summed E-state index contributed by atoms with van der Waals surface area (Å²) in [7, 11) is 0. The first-order valence-electron chi connectivity index (χ1n) is 9.75. The van der Waals surface area contributed by atoms with Gasteiger partial charge in [0.25, 0.3) is 5.91 Å². The van der Waals surface area contributed by atoms with Crippen molar-refractivity contribution in [2.75, 3.05) is 13.2 Å². The average Bonchev–Trinajstić information content (AvgIpc) is 3.32. The largest absolute Gasteiger partial charge is 0.501 e. The molecule has 156 valence electrons. The number of benzene rings is 1. The highest BCUT2D eigenvalue weighted by Gasteiger charge is 2.33. The van der Waals surface area contributed by atoms with Gasteiger partial charge >= 0.3 is 0 Å². The number of aryl methyl sites for hydroxylation is 1. The minimum absolute atomic E-state index is 0.136. The summed E-state index contributed by atoms with van der Waals surface area (Å²) in [6.45, 7) is 7.38. The van der Waals surface area contributed by atoms with E-state index in [9.17, 15) is 9.18 Å². The fraction of sp³-hybridized carbons (Fsp3) is 0.333. The first-order chi connectivity index (χ1) is 14.5. The van der Waals surface area contributed by atoms with Gasteiger partial charge in [0.1, 0.15) is 11.6 Å². The number of carbonyl (C=O) groups is 1. The van der Waals surface area contributed by atoms with Crippen molar-refractivity contribution in [3.8, 4) is 10.8 Å². The molecule has 1 amide bonds. The number of halogens is 1. The molecule has 1 aromatic carbocycles. The quantitative estimate of drug-likeness (QED) is 0.574. The third-order valence-electron chi connectivity index (χ3n) is 5.02. The minimum Gasteiger partial charge on any atom is -0.501 e. The van der Waals surface area contributed by atoms with Gasteiger partial charge in [0.2, 0.25) is 0 Å². The number of hydrogen-bond acceptors (Lipinski definition) is 6. The average molecular weight is 428 g/mol. The Bertz CT molecular complexity index is 1090. The molecule has 2 aromatic heterocycles. The molecule has 0 saturated carbocycles. The maximum Gasteiger partial charge on any atom is 0.254 e. The van der Waals surface area contributed by atoms with Crippen molar-refractivity contribution in [1.29, 1.82) is 0 Å². The molecule has 0 aliphatic carbocycles. The Morgan fingerprint density at radius 3 is 2.73 bits per heavy atom. The Kier molecular flexibility index (Phi) is 5.63. The number of amides is 1. The highest BCUT2D eigenvalue weighted by molar-refractivity contribution is 7.09. The fourth-order valence-electron chi connectivity index (χ4n) is 3.62. The van der Waals surface area contributed by atoms with Gasteiger partial charge in [0.05, 0.1) is 30.3 Å². The van der Waals surface area contributed by atoms with Crippen LogP contribution in [0.3, 0.4) is 0 Å². The third kappa shape index (κ3) is 3.72. The van der Waals surface area contributed by atoms with Gasteiger partial charge in [0, 0.05) is 24.7 Å². The van der Waals surface area contributed by atoms with Crippen LogP contribution in [0.1, 0.15) is 47.5 Å². The normalized spacial score (nSPS) is 16.1. The summed E-state index contributed by atoms with van der Waals surface area (Å²) in [4.78, 5) is 24.2. The second-order valence-corrected chi connectivity index (χ2v) is 7.70. The molecule has 30 heavy (non-hydrogen) atoms. The Morgan fingerprint density at radius 2 is 2.07 bits per heavy atom. The zero-order valence-electron chi connectivity index (χ0n) is 17.0. The first-order valence-corrected chi connectivity index (χ1v) is 10.5. The number of ether oxygens (including phenoxy) is 1. The fourth-order valence-corrected chi connectivity index (χ4v) is 4.29. The Balaban J connectivity index is 1.73. The summed E-state index contributed by atoms with van der Waals surface area (Å²) in [5.74, 6) is 0.947. The number of hydrogen-bond donors (Lipinski definition) is 0. The molecule has 9 heteroatoms. The van der Waals surface area contributed by atoms with Gasteiger partial charge in [-0.2, -0.15) is 4.37 Å². The smallest absolute Gasteiger partial charge is 0.254 e. The monoisotopic (exact) mass is 427 g/mol. The van der Waals surface area contributed by atoms with Crippen molar-refractivity contribution in [3.05, 3.63) is 59.1 Å². The van der Waals surface area contributed by atoms with Crippen molar-refractivity contribution in [3.63, 3.8) is 0 Å². The standard InChI is InChI=1S/C21H22FN5O2S/c1-4-29-12-9-17-18-13(2)26(21(28)15-5-7-16(22)8-6-15)10-11-27(18)19(24-17)20-23-14(3)25-30-20/h5-9,12-13H,4,10-11H2,1-3H3/b12-9+. The maximum absolute atomic E-state index is 13.3. The molecule has 0 bridgehead atoms. The molecule has 3 aromatic rings. The molecule has 0 radical (unpaired) electrons. The highest BCUT2D eigenvalue weighted by Crippen LogP contribution is 2.35. The lowest BCUT2D eigenvalue weighted by Gasteiger charge is -2.35. The number of aromatic nitrogens is 4. The lowest BCUT2D eigenvalue weighted by molar-refractivity contribution is 0.0644. The van der Waals surface area contributed by atoms with Crippen LogP contribution < -0.4 is 0 Å². The predicted octanol–water partition coefficient (Wildman–Crippen LogP) is 4.07. The molecule has 1 atom stereocenters. The van der Waals surface area contributed by atoms with E-state index in [4.69, 9.17) is 9.72 Å². The number of imidazole rings is 1. The lowest BCUT2D eigenvalue weighted by Crippen LogP contribution is -2.41. The van der Waals surface area contributed by atoms with E-state index in [1.165, 1.54) is 35.8 Å². The van der Waals surface area contributed by atoms with Gasteiger partial charge < -0.3 is 14.2 Å². The van der Waals surface area contributed by atoms with Gasteiger partial charge in [-0.25, -0.2) is 14.4 Å². The molecule has 1 aliphatic heterocycles. The van der Waals surface area contributed by atoms with Crippen molar-refractivity contribution in [2.24, 2.45) is 0 Å². The Morgan fingerprint density at radius 1 is 1.30 bits per heavy atom. The van der Waals surface area contributed by atoms with Crippen molar-refractivity contribution < 1.29 is 13.9 Å². The molecule has 0 N–H and O–H groups in total. The predicted molar refractivity (Wildman–Crippen MR) is 112 cm³/mol. The van der Waals surface area contributed by atoms with E-state index in [-0.39, 0.29) is 17.8 Å². The van der Waals surface area contributed by atoms with Crippen LogP contribution in [0.25, 0.3) is 16.9 Å². The molecular formula is C21H22FN5O2S. The van der Waals surface area contributed by atoms with Crippen molar-refractivity contribution >= 4 is 23.5 Å². The number of carbonyl (C=O) groups excluding carboxylic acids is 1. The van der Waals surface area contributed by atoms with Crippen molar-refractivity contribution in [2.45, 2.75) is 33.4 Å². The second kappa shape index (κ2) is 8.35. The topological polar surface area (TPSA) is 73.1 Å². The highest BCUT2D eigenvalue weighted by atomic mass is 32.1. The second-order valence-electron chi connectivity index (χ2n) is 6.94. The summed E-state index contributed by atoms with van der Waals surface area (Å²) in [5.41, 5.74) is 2.11. The van der Waals surface area contributed by atoms with Crippen LogP contribution in [0.2, 0.25) is 0 Å². The van der Waals surface area contributed by atoms with Gasteiger partial charge in [-0.15, -0.1) is 0 Å². The maximum atomic E-state index is 13.3. The van der Waals surface area contributed by atoms with Gasteiger partial charge in [-0.3, -0.25) is 4.79 Å². The molecule has 7 nitrogen and oxygen atoms in total. The van der Waals surface area contributed by atoms with Crippen LogP contribution in [-0.4, -0.2) is 42.9 Å². The van der Waals surface area contributed by atoms with Crippen LogP contribution in [0.15, 0.2) is 30.5 Å². The number of nitrogens with zero attached hydrogens (tertiary/aromatic N) is 5.